The molecule has 0 bridgehead atoms. The molecule has 8 heteroatoms. The third-order valence-electron chi connectivity index (χ3n) is 3.76. The molecule has 2 heterocycles. The molecule has 1 fully saturated rings. The highest BCUT2D eigenvalue weighted by Crippen LogP contribution is 2.22. The standard InChI is InChI=1S/C17H18F2N2O4/c1-10-7-21(8-11(2)24-10)17(22)15-6-12(25-20-15)9-23-16-13(18)4-3-5-14(16)19/h3-6,10-11H,7-9H2,1-2H3/t10-,11+. The monoisotopic (exact) mass is 352 g/mol. The van der Waals surface area contributed by atoms with E-state index >= 15 is 0 Å². The Morgan fingerprint density at radius 2 is 1.92 bits per heavy atom. The third-order valence-corrected chi connectivity index (χ3v) is 3.76. The molecule has 1 aliphatic heterocycles. The van der Waals surface area contributed by atoms with Crippen LogP contribution in [-0.4, -0.2) is 41.3 Å². The Morgan fingerprint density at radius 3 is 2.56 bits per heavy atom. The Morgan fingerprint density at radius 1 is 1.28 bits per heavy atom. The highest BCUT2D eigenvalue weighted by atomic mass is 19.1. The number of hydrogen-bond donors (Lipinski definition) is 0. The summed E-state index contributed by atoms with van der Waals surface area (Å²) >= 11 is 0. The molecule has 2 atom stereocenters. The lowest BCUT2D eigenvalue weighted by atomic mass is 10.2. The fourth-order valence-corrected chi connectivity index (χ4v) is 2.75. The molecule has 0 radical (unpaired) electrons. The summed E-state index contributed by atoms with van der Waals surface area (Å²) in [7, 11) is 0. The molecular formula is C17H18F2N2O4. The van der Waals surface area contributed by atoms with Gasteiger partial charge in [-0.3, -0.25) is 4.79 Å². The van der Waals surface area contributed by atoms with Gasteiger partial charge in [0, 0.05) is 19.2 Å². The lowest BCUT2D eigenvalue weighted by Crippen LogP contribution is -2.48. The molecule has 134 valence electrons. The van der Waals surface area contributed by atoms with Gasteiger partial charge in [-0.25, -0.2) is 8.78 Å². The van der Waals surface area contributed by atoms with E-state index in [2.05, 4.69) is 5.16 Å². The highest BCUT2D eigenvalue weighted by molar-refractivity contribution is 5.92. The van der Waals surface area contributed by atoms with Crippen LogP contribution in [0, 0.1) is 11.6 Å². The minimum absolute atomic E-state index is 0.0635. The number of morpholine rings is 1. The van der Waals surface area contributed by atoms with E-state index in [0.29, 0.717) is 13.1 Å². The number of carbonyl (C=O) groups excluding carboxylic acids is 1. The second kappa shape index (κ2) is 7.18. The van der Waals surface area contributed by atoms with E-state index < -0.39 is 17.4 Å². The zero-order valence-electron chi connectivity index (χ0n) is 13.9. The number of carbonyl (C=O) groups is 1. The maximum atomic E-state index is 13.5. The fourth-order valence-electron chi connectivity index (χ4n) is 2.75. The fraction of sp³-hybridized carbons (Fsp3) is 0.412. The van der Waals surface area contributed by atoms with Crippen LogP contribution in [0.1, 0.15) is 30.1 Å². The van der Waals surface area contributed by atoms with Crippen LogP contribution in [0.2, 0.25) is 0 Å². The summed E-state index contributed by atoms with van der Waals surface area (Å²) < 4.78 is 42.8. The first kappa shape index (κ1) is 17.3. The van der Waals surface area contributed by atoms with Gasteiger partial charge < -0.3 is 18.9 Å². The van der Waals surface area contributed by atoms with Gasteiger partial charge in [-0.1, -0.05) is 11.2 Å². The van der Waals surface area contributed by atoms with Crippen molar-refractivity contribution in [3.63, 3.8) is 0 Å². The molecule has 1 saturated heterocycles. The molecule has 0 spiro atoms. The van der Waals surface area contributed by atoms with Gasteiger partial charge in [0.25, 0.3) is 5.91 Å². The molecule has 1 aliphatic rings. The number of hydrogen-bond acceptors (Lipinski definition) is 5. The summed E-state index contributed by atoms with van der Waals surface area (Å²) in [5, 5.41) is 3.72. The van der Waals surface area contributed by atoms with Crippen molar-refractivity contribution in [3.05, 3.63) is 47.4 Å². The SMILES string of the molecule is C[C@@H]1CN(C(=O)c2cc(COc3c(F)cccc3F)on2)C[C@H](C)O1. The van der Waals surface area contributed by atoms with Crippen molar-refractivity contribution in [3.8, 4) is 5.75 Å². The normalized spacial score (nSPS) is 20.6. The summed E-state index contributed by atoms with van der Waals surface area (Å²) in [6, 6.07) is 4.84. The number of para-hydroxylation sites is 1. The van der Waals surface area contributed by atoms with E-state index in [4.69, 9.17) is 14.0 Å². The molecular weight excluding hydrogens is 334 g/mol. The van der Waals surface area contributed by atoms with Crippen LogP contribution in [-0.2, 0) is 11.3 Å². The van der Waals surface area contributed by atoms with Gasteiger partial charge in [-0.2, -0.15) is 0 Å². The highest BCUT2D eigenvalue weighted by Gasteiger charge is 2.28. The van der Waals surface area contributed by atoms with Crippen molar-refractivity contribution in [2.75, 3.05) is 13.1 Å². The maximum Gasteiger partial charge on any atom is 0.276 e. The Bertz CT molecular complexity index is 735. The summed E-state index contributed by atoms with van der Waals surface area (Å²) in [6.07, 6.45) is -0.127. The molecule has 1 amide bonds. The lowest BCUT2D eigenvalue weighted by molar-refractivity contribution is -0.0588. The second-order valence-electron chi connectivity index (χ2n) is 5.99. The van der Waals surface area contributed by atoms with E-state index in [1.807, 2.05) is 13.8 Å². The van der Waals surface area contributed by atoms with E-state index in [9.17, 15) is 13.6 Å². The first-order valence-electron chi connectivity index (χ1n) is 7.91. The van der Waals surface area contributed by atoms with Crippen LogP contribution in [0.4, 0.5) is 8.78 Å². The molecule has 0 saturated carbocycles. The number of aromatic nitrogens is 1. The average Bonchev–Trinajstić information content (AvgIpc) is 3.01. The molecule has 3 rings (SSSR count). The van der Waals surface area contributed by atoms with Gasteiger partial charge in [0.15, 0.2) is 28.8 Å². The Labute approximate surface area is 143 Å². The number of amides is 1. The van der Waals surface area contributed by atoms with Crippen molar-refractivity contribution in [1.29, 1.82) is 0 Å². The first-order valence-corrected chi connectivity index (χ1v) is 7.91. The van der Waals surface area contributed by atoms with Gasteiger partial charge in [0.1, 0.15) is 6.61 Å². The summed E-state index contributed by atoms with van der Waals surface area (Å²) in [4.78, 5) is 14.1. The largest absolute Gasteiger partial charge is 0.479 e. The maximum absolute atomic E-state index is 13.5. The molecule has 1 aromatic carbocycles. The van der Waals surface area contributed by atoms with Gasteiger partial charge in [0.05, 0.1) is 12.2 Å². The molecule has 2 aromatic rings. The Hall–Kier alpha value is -2.48. The van der Waals surface area contributed by atoms with Crippen molar-refractivity contribution in [2.45, 2.75) is 32.7 Å². The molecule has 1 aromatic heterocycles. The topological polar surface area (TPSA) is 64.8 Å². The third kappa shape index (κ3) is 3.96. The molecule has 6 nitrogen and oxygen atoms in total. The zero-order chi connectivity index (χ0) is 18.0. The summed E-state index contributed by atoms with van der Waals surface area (Å²) in [6.45, 7) is 4.46. The Kier molecular flexibility index (Phi) is 4.98. The predicted octanol–water partition coefficient (Wildman–Crippen LogP) is 2.78. The van der Waals surface area contributed by atoms with Gasteiger partial charge in [-0.15, -0.1) is 0 Å². The van der Waals surface area contributed by atoms with Crippen LogP contribution in [0.3, 0.4) is 0 Å². The minimum atomic E-state index is -0.813. The van der Waals surface area contributed by atoms with Crippen LogP contribution >= 0.6 is 0 Å². The predicted molar refractivity (Wildman–Crippen MR) is 83.1 cm³/mol. The van der Waals surface area contributed by atoms with Gasteiger partial charge >= 0.3 is 0 Å². The quantitative estimate of drug-likeness (QED) is 0.847. The van der Waals surface area contributed by atoms with Crippen LogP contribution in [0.25, 0.3) is 0 Å². The number of halogens is 2. The van der Waals surface area contributed by atoms with Gasteiger partial charge in [-0.05, 0) is 26.0 Å². The first-order chi connectivity index (χ1) is 11.9. The molecule has 0 unspecified atom stereocenters. The van der Waals surface area contributed by atoms with Crippen molar-refractivity contribution in [2.24, 2.45) is 0 Å². The summed E-state index contributed by atoms with van der Waals surface area (Å²) in [5.74, 6) is -2.21. The van der Waals surface area contributed by atoms with Crippen molar-refractivity contribution >= 4 is 5.91 Å². The number of rotatable bonds is 4. The molecule has 25 heavy (non-hydrogen) atoms. The Balaban J connectivity index is 1.65. The van der Waals surface area contributed by atoms with Crippen LogP contribution in [0.15, 0.2) is 28.8 Å². The molecule has 0 aliphatic carbocycles. The average molecular weight is 352 g/mol. The number of benzene rings is 1. The lowest BCUT2D eigenvalue weighted by Gasteiger charge is -2.34. The van der Waals surface area contributed by atoms with E-state index in [-0.39, 0.29) is 36.2 Å². The zero-order valence-corrected chi connectivity index (χ0v) is 13.9. The van der Waals surface area contributed by atoms with E-state index in [0.717, 1.165) is 12.1 Å². The van der Waals surface area contributed by atoms with Crippen molar-refractivity contribution in [1.82, 2.24) is 10.1 Å². The summed E-state index contributed by atoms with van der Waals surface area (Å²) in [5.41, 5.74) is 0.119. The minimum Gasteiger partial charge on any atom is -0.479 e. The van der Waals surface area contributed by atoms with Crippen molar-refractivity contribution < 1.29 is 27.6 Å². The van der Waals surface area contributed by atoms with E-state index in [1.165, 1.54) is 12.1 Å². The van der Waals surface area contributed by atoms with Crippen LogP contribution in [0.5, 0.6) is 5.75 Å². The van der Waals surface area contributed by atoms with Crippen LogP contribution < -0.4 is 4.74 Å². The van der Waals surface area contributed by atoms with Gasteiger partial charge in [0.2, 0.25) is 0 Å². The molecule has 0 N–H and O–H groups in total. The second-order valence-corrected chi connectivity index (χ2v) is 5.99. The number of ether oxygens (including phenoxy) is 2. The van der Waals surface area contributed by atoms with E-state index in [1.54, 1.807) is 4.90 Å². The smallest absolute Gasteiger partial charge is 0.276 e. The number of nitrogens with zero attached hydrogens (tertiary/aromatic N) is 2.